The number of ether oxygens (including phenoxy) is 1. The van der Waals surface area contributed by atoms with Gasteiger partial charge in [-0.3, -0.25) is 4.90 Å². The highest BCUT2D eigenvalue weighted by Gasteiger charge is 2.29. The van der Waals surface area contributed by atoms with Crippen molar-refractivity contribution in [1.29, 1.82) is 5.26 Å². The molecule has 0 amide bonds. The molecule has 3 heteroatoms. The van der Waals surface area contributed by atoms with Gasteiger partial charge >= 0.3 is 0 Å². The quantitative estimate of drug-likeness (QED) is 0.577. The smallest absolute Gasteiger partial charge is 0.0866 e. The van der Waals surface area contributed by atoms with Crippen LogP contribution in [0.15, 0.2) is 0 Å². The van der Waals surface area contributed by atoms with Crippen molar-refractivity contribution in [3.63, 3.8) is 0 Å². The zero-order chi connectivity index (χ0) is 9.03. The molecule has 1 aliphatic heterocycles. The Kier molecular flexibility index (Phi) is 3.07. The van der Waals surface area contributed by atoms with Crippen molar-refractivity contribution in [3.8, 4) is 6.07 Å². The molecule has 0 aliphatic carbocycles. The summed E-state index contributed by atoms with van der Waals surface area (Å²) in [6.07, 6.45) is 2.07. The van der Waals surface area contributed by atoms with E-state index < -0.39 is 0 Å². The molecule has 0 radical (unpaired) electrons. The van der Waals surface area contributed by atoms with Gasteiger partial charge in [-0.2, -0.15) is 5.26 Å². The van der Waals surface area contributed by atoms with Crippen LogP contribution in [0.2, 0.25) is 0 Å². The van der Waals surface area contributed by atoms with E-state index in [0.717, 1.165) is 25.9 Å². The number of piperidine rings is 1. The number of nitrogens with zero attached hydrogens (tertiary/aromatic N) is 2. The number of nitriles is 1. The second-order valence-corrected chi connectivity index (χ2v) is 3.59. The summed E-state index contributed by atoms with van der Waals surface area (Å²) in [5.41, 5.74) is 0.0476. The lowest BCUT2D eigenvalue weighted by Crippen LogP contribution is -2.43. The van der Waals surface area contributed by atoms with E-state index >= 15 is 0 Å². The fourth-order valence-corrected chi connectivity index (χ4v) is 1.49. The summed E-state index contributed by atoms with van der Waals surface area (Å²) in [7, 11) is 1.76. The summed E-state index contributed by atoms with van der Waals surface area (Å²) in [5, 5.41) is 8.48. The predicted octanol–water partition coefficient (Wildman–Crippen LogP) is 1.01. The minimum Gasteiger partial charge on any atom is -0.378 e. The molecule has 0 aromatic rings. The van der Waals surface area contributed by atoms with Crippen LogP contribution in [0.5, 0.6) is 0 Å². The van der Waals surface area contributed by atoms with E-state index in [4.69, 9.17) is 10.00 Å². The Bertz CT molecular complexity index is 177. The van der Waals surface area contributed by atoms with Crippen LogP contribution >= 0.6 is 0 Å². The molecule has 1 rings (SSSR count). The van der Waals surface area contributed by atoms with Crippen LogP contribution < -0.4 is 0 Å². The fraction of sp³-hybridized carbons (Fsp3) is 0.889. The Balaban J connectivity index is 2.35. The average Bonchev–Trinajstić information content (AvgIpc) is 2.10. The Morgan fingerprint density at radius 1 is 1.50 bits per heavy atom. The Labute approximate surface area is 73.9 Å². The zero-order valence-electron chi connectivity index (χ0n) is 7.84. The first-order valence-electron chi connectivity index (χ1n) is 4.35. The first-order chi connectivity index (χ1) is 5.70. The largest absolute Gasteiger partial charge is 0.378 e. The highest BCUT2D eigenvalue weighted by molar-refractivity contribution is 4.86. The van der Waals surface area contributed by atoms with E-state index in [0.29, 0.717) is 6.54 Å². The number of methoxy groups -OCH3 is 1. The Morgan fingerprint density at radius 3 is 2.50 bits per heavy atom. The topological polar surface area (TPSA) is 36.3 Å². The highest BCUT2D eigenvalue weighted by atomic mass is 16.5. The maximum Gasteiger partial charge on any atom is 0.0866 e. The van der Waals surface area contributed by atoms with Crippen LogP contribution in [-0.4, -0.2) is 37.2 Å². The molecule has 3 nitrogen and oxygen atoms in total. The number of likely N-dealkylation sites (tertiary alicyclic amines) is 1. The Morgan fingerprint density at radius 2 is 2.08 bits per heavy atom. The molecule has 1 aliphatic rings. The number of hydrogen-bond acceptors (Lipinski definition) is 3. The first-order valence-corrected chi connectivity index (χ1v) is 4.35. The van der Waals surface area contributed by atoms with E-state index in [-0.39, 0.29) is 5.60 Å². The molecule has 0 unspecified atom stereocenters. The molecule has 1 saturated heterocycles. The molecule has 68 valence electrons. The Hall–Kier alpha value is -0.590. The SMILES string of the molecule is COC1(C)CCN(CC#N)CC1. The van der Waals surface area contributed by atoms with Gasteiger partial charge in [0.1, 0.15) is 0 Å². The van der Waals surface area contributed by atoms with Crippen LogP contribution in [0.3, 0.4) is 0 Å². The van der Waals surface area contributed by atoms with Crippen molar-refractivity contribution >= 4 is 0 Å². The van der Waals surface area contributed by atoms with Gasteiger partial charge in [-0.25, -0.2) is 0 Å². The molecule has 1 heterocycles. The van der Waals surface area contributed by atoms with Gasteiger partial charge in [-0.1, -0.05) is 0 Å². The van der Waals surface area contributed by atoms with Gasteiger partial charge in [-0.05, 0) is 19.8 Å². The molecular weight excluding hydrogens is 152 g/mol. The molecule has 0 saturated carbocycles. The molecule has 0 atom stereocenters. The van der Waals surface area contributed by atoms with Crippen molar-refractivity contribution < 1.29 is 4.74 Å². The number of rotatable bonds is 2. The lowest BCUT2D eigenvalue weighted by molar-refractivity contribution is -0.0404. The third-order valence-corrected chi connectivity index (χ3v) is 2.70. The summed E-state index contributed by atoms with van der Waals surface area (Å²) in [5.74, 6) is 0. The van der Waals surface area contributed by atoms with Gasteiger partial charge in [0.05, 0.1) is 18.2 Å². The summed E-state index contributed by atoms with van der Waals surface area (Å²) in [6, 6.07) is 2.17. The monoisotopic (exact) mass is 168 g/mol. The summed E-state index contributed by atoms with van der Waals surface area (Å²) in [4.78, 5) is 2.17. The molecule has 0 aromatic carbocycles. The second kappa shape index (κ2) is 3.88. The molecule has 0 aromatic heterocycles. The van der Waals surface area contributed by atoms with Gasteiger partial charge in [0.2, 0.25) is 0 Å². The lowest BCUT2D eigenvalue weighted by atomic mass is 9.93. The van der Waals surface area contributed by atoms with Crippen LogP contribution in [-0.2, 0) is 4.74 Å². The standard InChI is InChI=1S/C9H16N2O/c1-9(12-2)3-6-11(7-4-9)8-5-10/h3-4,6-8H2,1-2H3. The molecule has 0 spiro atoms. The van der Waals surface area contributed by atoms with Crippen LogP contribution in [0.25, 0.3) is 0 Å². The van der Waals surface area contributed by atoms with Crippen molar-refractivity contribution in [1.82, 2.24) is 4.90 Å². The van der Waals surface area contributed by atoms with E-state index in [1.165, 1.54) is 0 Å². The van der Waals surface area contributed by atoms with Crippen LogP contribution in [0.4, 0.5) is 0 Å². The minimum atomic E-state index is 0.0476. The summed E-state index contributed by atoms with van der Waals surface area (Å²) < 4.78 is 5.40. The highest BCUT2D eigenvalue weighted by Crippen LogP contribution is 2.24. The van der Waals surface area contributed by atoms with Crippen LogP contribution in [0.1, 0.15) is 19.8 Å². The predicted molar refractivity (Wildman–Crippen MR) is 46.7 cm³/mol. The number of hydrogen-bond donors (Lipinski definition) is 0. The maximum atomic E-state index is 8.48. The molecule has 12 heavy (non-hydrogen) atoms. The van der Waals surface area contributed by atoms with Crippen molar-refractivity contribution in [2.75, 3.05) is 26.7 Å². The first kappa shape index (κ1) is 9.50. The van der Waals surface area contributed by atoms with E-state index in [1.54, 1.807) is 7.11 Å². The van der Waals surface area contributed by atoms with Gasteiger partial charge in [0.15, 0.2) is 0 Å². The fourth-order valence-electron chi connectivity index (χ4n) is 1.49. The van der Waals surface area contributed by atoms with Crippen molar-refractivity contribution in [2.24, 2.45) is 0 Å². The van der Waals surface area contributed by atoms with Gasteiger partial charge in [0, 0.05) is 20.2 Å². The van der Waals surface area contributed by atoms with Gasteiger partial charge in [-0.15, -0.1) is 0 Å². The molecule has 1 fully saturated rings. The van der Waals surface area contributed by atoms with Crippen molar-refractivity contribution in [3.05, 3.63) is 0 Å². The van der Waals surface area contributed by atoms with E-state index in [9.17, 15) is 0 Å². The third kappa shape index (κ3) is 2.20. The lowest BCUT2D eigenvalue weighted by Gasteiger charge is -2.37. The van der Waals surface area contributed by atoms with Gasteiger partial charge < -0.3 is 4.74 Å². The minimum absolute atomic E-state index is 0.0476. The van der Waals surface area contributed by atoms with E-state index in [1.807, 2.05) is 0 Å². The maximum absolute atomic E-state index is 8.48. The van der Waals surface area contributed by atoms with E-state index in [2.05, 4.69) is 17.9 Å². The van der Waals surface area contributed by atoms with Gasteiger partial charge in [0.25, 0.3) is 0 Å². The summed E-state index contributed by atoms with van der Waals surface area (Å²) >= 11 is 0. The zero-order valence-corrected chi connectivity index (χ0v) is 7.84. The van der Waals surface area contributed by atoms with Crippen LogP contribution in [0, 0.1) is 11.3 Å². The second-order valence-electron chi connectivity index (χ2n) is 3.59. The van der Waals surface area contributed by atoms with Crippen molar-refractivity contribution in [2.45, 2.75) is 25.4 Å². The molecule has 0 N–H and O–H groups in total. The third-order valence-electron chi connectivity index (χ3n) is 2.70. The normalized spacial score (nSPS) is 23.4. The molecule has 0 bridgehead atoms. The average molecular weight is 168 g/mol. The summed E-state index contributed by atoms with van der Waals surface area (Å²) in [6.45, 7) is 4.66. The molecular formula is C9H16N2O.